The van der Waals surface area contributed by atoms with Gasteiger partial charge in [-0.05, 0) is 80.5 Å². The Balaban J connectivity index is 1.60. The summed E-state index contributed by atoms with van der Waals surface area (Å²) in [6.07, 6.45) is 10.6. The minimum atomic E-state index is -0.733. The normalized spacial score (nSPS) is 47.2. The van der Waals surface area contributed by atoms with Gasteiger partial charge in [-0.25, -0.2) is 4.79 Å². The summed E-state index contributed by atoms with van der Waals surface area (Å²) in [6, 6.07) is 0. The van der Waals surface area contributed by atoms with E-state index in [-0.39, 0.29) is 22.9 Å². The molecular weight excluding hydrogens is 328 g/mol. The molecule has 0 radical (unpaired) electrons. The second-order valence-electron chi connectivity index (χ2n) is 9.82. The Kier molecular flexibility index (Phi) is 4.24. The molecule has 0 aromatic heterocycles. The van der Waals surface area contributed by atoms with Gasteiger partial charge >= 0.3 is 11.9 Å². The first-order valence-electron chi connectivity index (χ1n) is 10.4. The molecular formula is C22H32O4. The minimum absolute atomic E-state index is 0.0670. The molecule has 4 nitrogen and oxygen atoms in total. The number of carbonyl (C=O) groups is 2. The highest BCUT2D eigenvalue weighted by Gasteiger charge is 2.60. The third-order valence-corrected chi connectivity index (χ3v) is 8.78. The van der Waals surface area contributed by atoms with E-state index in [9.17, 15) is 14.7 Å². The molecule has 26 heavy (non-hydrogen) atoms. The van der Waals surface area contributed by atoms with Crippen LogP contribution in [0, 0.1) is 34.5 Å². The van der Waals surface area contributed by atoms with Gasteiger partial charge in [-0.1, -0.05) is 19.9 Å². The molecule has 4 aliphatic rings. The largest absolute Gasteiger partial charge is 0.478 e. The lowest BCUT2D eigenvalue weighted by molar-refractivity contribution is -0.160. The lowest BCUT2D eigenvalue weighted by Crippen LogP contribution is -2.53. The SMILES string of the molecule is CC(=O)OC1CCC2C3CCC4CC=C(C(=O)O)CC4(C)C3CCC12C. The fourth-order valence-electron chi connectivity index (χ4n) is 7.47. The Morgan fingerprint density at radius 2 is 1.81 bits per heavy atom. The van der Waals surface area contributed by atoms with Crippen LogP contribution >= 0.6 is 0 Å². The van der Waals surface area contributed by atoms with E-state index in [2.05, 4.69) is 13.8 Å². The van der Waals surface area contributed by atoms with Crippen LogP contribution in [0.3, 0.4) is 0 Å². The van der Waals surface area contributed by atoms with Crippen LogP contribution in [-0.4, -0.2) is 23.1 Å². The first-order valence-corrected chi connectivity index (χ1v) is 10.4. The number of aliphatic carboxylic acids is 1. The Bertz CT molecular complexity index is 653. The van der Waals surface area contributed by atoms with Crippen LogP contribution in [0.5, 0.6) is 0 Å². The zero-order valence-corrected chi connectivity index (χ0v) is 16.3. The van der Waals surface area contributed by atoms with Crippen molar-refractivity contribution >= 4 is 11.9 Å². The van der Waals surface area contributed by atoms with Crippen molar-refractivity contribution in [3.63, 3.8) is 0 Å². The topological polar surface area (TPSA) is 63.6 Å². The predicted octanol–water partition coefficient (Wildman–Crippen LogP) is 4.58. The molecule has 3 fully saturated rings. The van der Waals surface area contributed by atoms with E-state index in [1.165, 1.54) is 19.8 Å². The Morgan fingerprint density at radius 1 is 1.08 bits per heavy atom. The minimum Gasteiger partial charge on any atom is -0.478 e. The van der Waals surface area contributed by atoms with Crippen LogP contribution in [0.15, 0.2) is 11.6 Å². The van der Waals surface area contributed by atoms with Crippen molar-refractivity contribution < 1.29 is 19.4 Å². The van der Waals surface area contributed by atoms with E-state index in [0.717, 1.165) is 38.5 Å². The molecule has 4 rings (SSSR count). The summed E-state index contributed by atoms with van der Waals surface area (Å²) >= 11 is 0. The second-order valence-corrected chi connectivity index (χ2v) is 9.82. The third-order valence-electron chi connectivity index (χ3n) is 8.78. The molecule has 0 spiro atoms. The predicted molar refractivity (Wildman–Crippen MR) is 98.4 cm³/mol. The van der Waals surface area contributed by atoms with Gasteiger partial charge in [-0.3, -0.25) is 4.79 Å². The summed E-state index contributed by atoms with van der Waals surface area (Å²) in [5.41, 5.74) is 0.851. The number of fused-ring (bicyclic) bond motifs is 5. The van der Waals surface area contributed by atoms with Gasteiger partial charge in [0.05, 0.1) is 0 Å². The van der Waals surface area contributed by atoms with E-state index in [0.29, 0.717) is 29.2 Å². The maximum absolute atomic E-state index is 11.6. The summed E-state index contributed by atoms with van der Waals surface area (Å²) in [5, 5.41) is 9.53. The van der Waals surface area contributed by atoms with E-state index in [1.54, 1.807) is 0 Å². The number of esters is 1. The second kappa shape index (κ2) is 6.10. The van der Waals surface area contributed by atoms with Crippen molar-refractivity contribution in [2.75, 3.05) is 0 Å². The summed E-state index contributed by atoms with van der Waals surface area (Å²) in [4.78, 5) is 23.1. The van der Waals surface area contributed by atoms with Gasteiger partial charge in [-0.15, -0.1) is 0 Å². The van der Waals surface area contributed by atoms with Crippen LogP contribution in [0.1, 0.15) is 72.1 Å². The first-order chi connectivity index (χ1) is 12.3. The molecule has 0 heterocycles. The number of carbonyl (C=O) groups excluding carboxylic acids is 1. The van der Waals surface area contributed by atoms with E-state index in [1.807, 2.05) is 6.08 Å². The number of rotatable bonds is 2. The van der Waals surface area contributed by atoms with Gasteiger partial charge in [-0.2, -0.15) is 0 Å². The third kappa shape index (κ3) is 2.55. The molecule has 144 valence electrons. The van der Waals surface area contributed by atoms with E-state index >= 15 is 0 Å². The summed E-state index contributed by atoms with van der Waals surface area (Å²) in [7, 11) is 0. The number of hydrogen-bond acceptors (Lipinski definition) is 3. The Morgan fingerprint density at radius 3 is 2.50 bits per heavy atom. The summed E-state index contributed by atoms with van der Waals surface area (Å²) in [6.45, 7) is 6.23. The highest BCUT2D eigenvalue weighted by molar-refractivity contribution is 5.86. The van der Waals surface area contributed by atoms with Gasteiger partial charge in [0.25, 0.3) is 0 Å². The average molecular weight is 360 g/mol. The number of carboxylic acids is 1. The number of allylic oxidation sites excluding steroid dienone is 1. The van der Waals surface area contributed by atoms with E-state index in [4.69, 9.17) is 4.74 Å². The van der Waals surface area contributed by atoms with Crippen molar-refractivity contribution in [3.8, 4) is 0 Å². The van der Waals surface area contributed by atoms with Crippen LogP contribution in [0.25, 0.3) is 0 Å². The van der Waals surface area contributed by atoms with Crippen LogP contribution < -0.4 is 0 Å². The fraction of sp³-hybridized carbons (Fsp3) is 0.818. The molecule has 0 amide bonds. The molecule has 0 aliphatic heterocycles. The highest BCUT2D eigenvalue weighted by Crippen LogP contribution is 2.66. The van der Waals surface area contributed by atoms with Crippen molar-refractivity contribution in [1.29, 1.82) is 0 Å². The Hall–Kier alpha value is -1.32. The maximum Gasteiger partial charge on any atom is 0.331 e. The Labute approximate surface area is 156 Å². The average Bonchev–Trinajstić information content (AvgIpc) is 2.89. The zero-order valence-electron chi connectivity index (χ0n) is 16.3. The molecule has 0 aromatic rings. The summed E-state index contributed by atoms with van der Waals surface area (Å²) < 4.78 is 5.72. The lowest BCUT2D eigenvalue weighted by Gasteiger charge is -2.59. The maximum atomic E-state index is 11.6. The molecule has 7 atom stereocenters. The molecule has 0 bridgehead atoms. The van der Waals surface area contributed by atoms with Crippen molar-refractivity contribution in [3.05, 3.63) is 11.6 Å². The molecule has 7 unspecified atom stereocenters. The van der Waals surface area contributed by atoms with Crippen LogP contribution in [0.2, 0.25) is 0 Å². The number of carboxylic acid groups (broad SMARTS) is 1. The number of ether oxygens (including phenoxy) is 1. The van der Waals surface area contributed by atoms with Gasteiger partial charge < -0.3 is 9.84 Å². The zero-order chi connectivity index (χ0) is 18.7. The van der Waals surface area contributed by atoms with Crippen LogP contribution in [0.4, 0.5) is 0 Å². The first kappa shape index (κ1) is 18.1. The van der Waals surface area contributed by atoms with Gasteiger partial charge in [0.15, 0.2) is 0 Å². The fourth-order valence-corrected chi connectivity index (χ4v) is 7.47. The van der Waals surface area contributed by atoms with Crippen molar-refractivity contribution in [2.45, 2.75) is 78.2 Å². The van der Waals surface area contributed by atoms with Crippen LogP contribution in [-0.2, 0) is 14.3 Å². The quantitative estimate of drug-likeness (QED) is 0.732. The standard InChI is InChI=1S/C22H32O4/c1-13(23)26-19-9-8-17-16-7-6-15-5-4-14(20(24)25)12-22(15,3)18(16)10-11-21(17,19)2/h4,15-19H,5-12H2,1-3H3,(H,24,25). The lowest BCUT2D eigenvalue weighted by atomic mass is 9.45. The van der Waals surface area contributed by atoms with Crippen molar-refractivity contribution in [2.24, 2.45) is 34.5 Å². The molecule has 3 saturated carbocycles. The van der Waals surface area contributed by atoms with Gasteiger partial charge in [0, 0.05) is 17.9 Å². The molecule has 1 N–H and O–H groups in total. The van der Waals surface area contributed by atoms with Gasteiger partial charge in [0.2, 0.25) is 0 Å². The summed E-state index contributed by atoms with van der Waals surface area (Å²) in [5.74, 6) is 1.62. The molecule has 4 heteroatoms. The highest BCUT2D eigenvalue weighted by atomic mass is 16.5. The van der Waals surface area contributed by atoms with Gasteiger partial charge in [0.1, 0.15) is 6.10 Å². The molecule has 0 saturated heterocycles. The number of hydrogen-bond donors (Lipinski definition) is 1. The smallest absolute Gasteiger partial charge is 0.331 e. The van der Waals surface area contributed by atoms with Crippen molar-refractivity contribution in [1.82, 2.24) is 0 Å². The molecule has 4 aliphatic carbocycles. The van der Waals surface area contributed by atoms with E-state index < -0.39 is 5.97 Å². The molecule has 0 aromatic carbocycles. The monoisotopic (exact) mass is 360 g/mol.